The lowest BCUT2D eigenvalue weighted by Gasteiger charge is -2.09. The third-order valence-electron chi connectivity index (χ3n) is 0.546. The average Bonchev–Trinajstić information content (AvgIpc) is 1.68. The van der Waals surface area contributed by atoms with Crippen LogP contribution in [-0.2, 0) is 0 Å². The van der Waals surface area contributed by atoms with E-state index >= 15 is 0 Å². The molecule has 0 aromatic carbocycles. The van der Waals surface area contributed by atoms with E-state index < -0.39 is 5.66 Å². The monoisotopic (exact) mass is 100 g/mol. The zero-order chi connectivity index (χ0) is 5.91. The van der Waals surface area contributed by atoms with Crippen LogP contribution in [0.3, 0.4) is 0 Å². The van der Waals surface area contributed by atoms with Crippen molar-refractivity contribution in [1.82, 2.24) is 0 Å². The van der Waals surface area contributed by atoms with Gasteiger partial charge < -0.3 is 17.2 Å². The minimum atomic E-state index is -1.33. The molecule has 0 unspecified atom stereocenters. The number of hydrogen-bond acceptors (Lipinski definition) is 4. The molecule has 0 aliphatic carbocycles. The van der Waals surface area contributed by atoms with Crippen LogP contribution in [0.25, 0.3) is 0 Å². The van der Waals surface area contributed by atoms with Crippen molar-refractivity contribution in [2.24, 2.45) is 17.2 Å². The van der Waals surface area contributed by atoms with E-state index in [1.165, 1.54) is 0 Å². The van der Waals surface area contributed by atoms with Gasteiger partial charge in [-0.25, -0.2) is 0 Å². The highest BCUT2D eigenvalue weighted by atomic mass is 15.0. The molecule has 0 spiro atoms. The van der Waals surface area contributed by atoms with Crippen molar-refractivity contribution >= 4 is 0 Å². The lowest BCUT2D eigenvalue weighted by molar-refractivity contribution is 0.580. The molecule has 0 bridgehead atoms. The molecule has 4 nitrogen and oxygen atoms in total. The van der Waals surface area contributed by atoms with Crippen LogP contribution in [0.1, 0.15) is 0 Å². The summed E-state index contributed by atoms with van der Waals surface area (Å²) >= 11 is 0. The van der Waals surface area contributed by atoms with E-state index in [2.05, 4.69) is 0 Å². The lowest BCUT2D eigenvalue weighted by Crippen LogP contribution is -2.53. The van der Waals surface area contributed by atoms with Crippen LogP contribution >= 0.6 is 0 Å². The Kier molecular flexibility index (Phi) is 1.72. The molecule has 6 N–H and O–H groups in total. The Morgan fingerprint density at radius 1 is 1.57 bits per heavy atom. The molecule has 0 saturated carbocycles. The summed E-state index contributed by atoms with van der Waals surface area (Å²) in [6, 6.07) is 1.62. The van der Waals surface area contributed by atoms with Gasteiger partial charge in [-0.1, -0.05) is 0 Å². The SMILES string of the molecule is N#CC(N)(N)CN. The first-order chi connectivity index (χ1) is 3.12. The minimum Gasteiger partial charge on any atom is -0.327 e. The Labute approximate surface area is 41.9 Å². The predicted molar refractivity (Wildman–Crippen MR) is 25.8 cm³/mol. The van der Waals surface area contributed by atoms with Crippen molar-refractivity contribution in [3.63, 3.8) is 0 Å². The van der Waals surface area contributed by atoms with Crippen LogP contribution in [0.2, 0.25) is 0 Å². The highest BCUT2D eigenvalue weighted by Gasteiger charge is 2.12. The maximum atomic E-state index is 8.01. The van der Waals surface area contributed by atoms with E-state index in [1.807, 2.05) is 0 Å². The lowest BCUT2D eigenvalue weighted by atomic mass is 10.2. The first kappa shape index (κ1) is 6.37. The number of nitriles is 1. The third kappa shape index (κ3) is 2.11. The molecule has 0 aliphatic heterocycles. The van der Waals surface area contributed by atoms with Gasteiger partial charge in [-0.3, -0.25) is 0 Å². The van der Waals surface area contributed by atoms with Gasteiger partial charge in [-0.15, -0.1) is 0 Å². The largest absolute Gasteiger partial charge is 0.327 e. The van der Waals surface area contributed by atoms with Gasteiger partial charge in [-0.2, -0.15) is 5.26 Å². The van der Waals surface area contributed by atoms with Crippen molar-refractivity contribution in [2.75, 3.05) is 6.54 Å². The van der Waals surface area contributed by atoms with Crippen LogP contribution in [0, 0.1) is 11.3 Å². The Balaban J connectivity index is 3.66. The molecule has 7 heavy (non-hydrogen) atoms. The zero-order valence-electron chi connectivity index (χ0n) is 3.89. The van der Waals surface area contributed by atoms with Crippen molar-refractivity contribution in [1.29, 1.82) is 5.26 Å². The van der Waals surface area contributed by atoms with Gasteiger partial charge in [0.25, 0.3) is 0 Å². The maximum Gasteiger partial charge on any atom is 0.166 e. The molecule has 0 aromatic heterocycles. The Hall–Kier alpha value is -0.630. The van der Waals surface area contributed by atoms with Gasteiger partial charge in [-0.05, 0) is 0 Å². The molecule has 0 saturated heterocycles. The van der Waals surface area contributed by atoms with Crippen LogP contribution < -0.4 is 17.2 Å². The Bertz CT molecular complexity index is 89.6. The molecule has 0 fully saturated rings. The van der Waals surface area contributed by atoms with Gasteiger partial charge in [0.05, 0.1) is 0 Å². The van der Waals surface area contributed by atoms with E-state index in [0.717, 1.165) is 0 Å². The highest BCUT2D eigenvalue weighted by Crippen LogP contribution is 1.77. The van der Waals surface area contributed by atoms with Gasteiger partial charge >= 0.3 is 0 Å². The summed E-state index contributed by atoms with van der Waals surface area (Å²) in [5.41, 5.74) is 13.6. The summed E-state index contributed by atoms with van der Waals surface area (Å²) in [6.07, 6.45) is 0. The zero-order valence-corrected chi connectivity index (χ0v) is 3.89. The summed E-state index contributed by atoms with van der Waals surface area (Å²) in [4.78, 5) is 0. The quantitative estimate of drug-likeness (QED) is 0.334. The summed E-state index contributed by atoms with van der Waals surface area (Å²) in [5.74, 6) is 0. The van der Waals surface area contributed by atoms with Crippen molar-refractivity contribution in [3.8, 4) is 6.07 Å². The molecule has 0 radical (unpaired) electrons. The second-order valence-corrected chi connectivity index (χ2v) is 1.36. The molecule has 0 amide bonds. The van der Waals surface area contributed by atoms with Gasteiger partial charge in [0.1, 0.15) is 6.07 Å². The maximum absolute atomic E-state index is 8.01. The van der Waals surface area contributed by atoms with Crippen LogP contribution in [0.15, 0.2) is 0 Å². The predicted octanol–water partition coefficient (Wildman–Crippen LogP) is -1.92. The molecular formula is C3H8N4. The number of rotatable bonds is 1. The average molecular weight is 100 g/mol. The summed E-state index contributed by atoms with van der Waals surface area (Å²) in [6.45, 7) is -0.0104. The molecule has 0 heterocycles. The second-order valence-electron chi connectivity index (χ2n) is 1.36. The number of nitrogens with two attached hydrogens (primary N) is 3. The van der Waals surface area contributed by atoms with E-state index in [4.69, 9.17) is 22.5 Å². The molecular weight excluding hydrogens is 92.1 g/mol. The van der Waals surface area contributed by atoms with Crippen LogP contribution in [0.5, 0.6) is 0 Å². The van der Waals surface area contributed by atoms with Crippen molar-refractivity contribution < 1.29 is 0 Å². The van der Waals surface area contributed by atoms with Crippen LogP contribution in [0.4, 0.5) is 0 Å². The first-order valence-electron chi connectivity index (χ1n) is 1.81. The van der Waals surface area contributed by atoms with E-state index in [0.29, 0.717) is 0 Å². The summed E-state index contributed by atoms with van der Waals surface area (Å²) in [5, 5.41) is 8.01. The highest BCUT2D eigenvalue weighted by molar-refractivity contribution is 5.00. The van der Waals surface area contributed by atoms with E-state index in [1.54, 1.807) is 6.07 Å². The molecule has 0 aromatic rings. The summed E-state index contributed by atoms with van der Waals surface area (Å²) in [7, 11) is 0. The topological polar surface area (TPSA) is 102 Å². The number of nitrogens with zero attached hydrogens (tertiary/aromatic N) is 1. The van der Waals surface area contributed by atoms with Crippen molar-refractivity contribution in [3.05, 3.63) is 0 Å². The fourth-order valence-corrected chi connectivity index (χ4v) is 0.0456. The molecule has 40 valence electrons. The fraction of sp³-hybridized carbons (Fsp3) is 0.667. The normalized spacial score (nSPS) is 10.6. The van der Waals surface area contributed by atoms with Crippen molar-refractivity contribution in [2.45, 2.75) is 5.66 Å². The minimum absolute atomic E-state index is 0.0104. The summed E-state index contributed by atoms with van der Waals surface area (Å²) < 4.78 is 0. The molecule has 0 aliphatic rings. The van der Waals surface area contributed by atoms with Gasteiger partial charge in [0, 0.05) is 6.54 Å². The molecule has 0 rings (SSSR count). The molecule has 4 heteroatoms. The standard InChI is InChI=1S/C3H8N4/c4-1-3(6,7)2-5/h1,4,6-7H2. The number of hydrogen-bond donors (Lipinski definition) is 3. The van der Waals surface area contributed by atoms with E-state index in [9.17, 15) is 0 Å². The van der Waals surface area contributed by atoms with Crippen LogP contribution in [-0.4, -0.2) is 12.2 Å². The Morgan fingerprint density at radius 3 is 2.00 bits per heavy atom. The second kappa shape index (κ2) is 1.89. The third-order valence-corrected chi connectivity index (χ3v) is 0.546. The fourth-order valence-electron chi connectivity index (χ4n) is 0.0456. The Morgan fingerprint density at radius 2 is 2.00 bits per heavy atom. The van der Waals surface area contributed by atoms with Gasteiger partial charge in [0.2, 0.25) is 0 Å². The van der Waals surface area contributed by atoms with E-state index in [-0.39, 0.29) is 6.54 Å². The first-order valence-corrected chi connectivity index (χ1v) is 1.81. The van der Waals surface area contributed by atoms with Gasteiger partial charge in [0.15, 0.2) is 5.66 Å². The smallest absolute Gasteiger partial charge is 0.166 e. The molecule has 0 atom stereocenters.